The van der Waals surface area contributed by atoms with E-state index >= 15 is 0 Å². The lowest BCUT2D eigenvalue weighted by molar-refractivity contribution is -0.135. The number of hydrogen-bond donors (Lipinski definition) is 0. The third-order valence-electron chi connectivity index (χ3n) is 2.00. The Morgan fingerprint density at radius 1 is 1.53 bits per heavy atom. The monoisotopic (exact) mass is 221 g/mol. The maximum absolute atomic E-state index is 11.4. The van der Waals surface area contributed by atoms with Gasteiger partial charge in [0.25, 0.3) is 0 Å². The average Bonchev–Trinajstić information content (AvgIpc) is 2.29. The van der Waals surface area contributed by atoms with E-state index in [1.807, 2.05) is 24.3 Å². The predicted molar refractivity (Wildman–Crippen MR) is 60.9 cm³/mol. The van der Waals surface area contributed by atoms with Crippen LogP contribution in [-0.4, -0.2) is 24.0 Å². The van der Waals surface area contributed by atoms with Gasteiger partial charge in [0.1, 0.15) is 5.71 Å². The summed E-state index contributed by atoms with van der Waals surface area (Å²) < 4.78 is 4.91. The molecule has 0 spiro atoms. The third-order valence-corrected chi connectivity index (χ3v) is 3.07. The van der Waals surface area contributed by atoms with Gasteiger partial charge in [-0.25, -0.2) is 9.79 Å². The van der Waals surface area contributed by atoms with Gasteiger partial charge in [-0.3, -0.25) is 0 Å². The Labute approximate surface area is 92.5 Å². The summed E-state index contributed by atoms with van der Waals surface area (Å²) in [6, 6.07) is 7.79. The van der Waals surface area contributed by atoms with Crippen molar-refractivity contribution in [3.05, 3.63) is 24.3 Å². The first-order valence-electron chi connectivity index (χ1n) is 4.77. The van der Waals surface area contributed by atoms with Crippen molar-refractivity contribution in [2.75, 3.05) is 12.4 Å². The van der Waals surface area contributed by atoms with Gasteiger partial charge in [-0.15, -0.1) is 11.8 Å². The molecule has 0 atom stereocenters. The SMILES string of the molecule is CCOC(=O)C1=Nc2ccccc2SC1. The minimum atomic E-state index is -0.306. The number of thioether (sulfide) groups is 1. The van der Waals surface area contributed by atoms with Crippen molar-refractivity contribution in [1.82, 2.24) is 0 Å². The van der Waals surface area contributed by atoms with Crippen LogP contribution in [0.1, 0.15) is 6.92 Å². The van der Waals surface area contributed by atoms with E-state index in [2.05, 4.69) is 4.99 Å². The number of aliphatic imine (C=N–C) groups is 1. The molecule has 0 aliphatic carbocycles. The fourth-order valence-corrected chi connectivity index (χ4v) is 2.23. The molecular weight excluding hydrogens is 210 g/mol. The predicted octanol–water partition coefficient (Wildman–Crippen LogP) is 2.43. The molecule has 0 amide bonds. The van der Waals surface area contributed by atoms with Crippen molar-refractivity contribution in [2.45, 2.75) is 11.8 Å². The van der Waals surface area contributed by atoms with Crippen LogP contribution in [0.15, 0.2) is 34.2 Å². The number of carbonyl (C=O) groups excluding carboxylic acids is 1. The molecule has 1 heterocycles. The van der Waals surface area contributed by atoms with E-state index in [-0.39, 0.29) is 5.97 Å². The molecule has 4 heteroatoms. The zero-order chi connectivity index (χ0) is 10.7. The number of hydrogen-bond acceptors (Lipinski definition) is 4. The second-order valence-electron chi connectivity index (χ2n) is 3.04. The molecule has 3 nitrogen and oxygen atoms in total. The van der Waals surface area contributed by atoms with Gasteiger partial charge < -0.3 is 4.74 Å². The van der Waals surface area contributed by atoms with E-state index in [1.165, 1.54) is 0 Å². The molecule has 0 bridgehead atoms. The standard InChI is InChI=1S/C11H11NO2S/c1-2-14-11(13)9-7-15-10-6-4-3-5-8(10)12-9/h3-6H,2,7H2,1H3. The summed E-state index contributed by atoms with van der Waals surface area (Å²) in [6.07, 6.45) is 0. The molecule has 0 saturated carbocycles. The fraction of sp³-hybridized carbons (Fsp3) is 0.273. The summed E-state index contributed by atoms with van der Waals surface area (Å²) in [6.45, 7) is 2.19. The Kier molecular flexibility index (Phi) is 3.06. The van der Waals surface area contributed by atoms with E-state index < -0.39 is 0 Å². The lowest BCUT2D eigenvalue weighted by Gasteiger charge is -2.13. The van der Waals surface area contributed by atoms with E-state index in [0.29, 0.717) is 18.1 Å². The Balaban J connectivity index is 2.25. The van der Waals surface area contributed by atoms with E-state index in [9.17, 15) is 4.79 Å². The first-order valence-corrected chi connectivity index (χ1v) is 5.76. The lowest BCUT2D eigenvalue weighted by atomic mass is 10.3. The number of esters is 1. The Bertz CT molecular complexity index is 415. The molecular formula is C11H11NO2S. The summed E-state index contributed by atoms with van der Waals surface area (Å²) in [7, 11) is 0. The number of ether oxygens (including phenoxy) is 1. The summed E-state index contributed by atoms with van der Waals surface area (Å²) in [5.41, 5.74) is 1.36. The van der Waals surface area contributed by atoms with Crippen LogP contribution < -0.4 is 0 Å². The zero-order valence-electron chi connectivity index (χ0n) is 8.40. The summed E-state index contributed by atoms with van der Waals surface area (Å²) in [4.78, 5) is 16.8. The van der Waals surface area contributed by atoms with Gasteiger partial charge in [0.15, 0.2) is 0 Å². The minimum Gasteiger partial charge on any atom is -0.461 e. The highest BCUT2D eigenvalue weighted by molar-refractivity contribution is 8.00. The number of nitrogens with zero attached hydrogens (tertiary/aromatic N) is 1. The molecule has 0 unspecified atom stereocenters. The molecule has 1 aliphatic heterocycles. The summed E-state index contributed by atoms with van der Waals surface area (Å²) in [5.74, 6) is 0.287. The van der Waals surface area contributed by atoms with Gasteiger partial charge in [0.2, 0.25) is 0 Å². The maximum atomic E-state index is 11.4. The van der Waals surface area contributed by atoms with Crippen molar-refractivity contribution >= 4 is 29.1 Å². The smallest absolute Gasteiger partial charge is 0.353 e. The molecule has 0 N–H and O–H groups in total. The van der Waals surface area contributed by atoms with Gasteiger partial charge in [-0.05, 0) is 19.1 Å². The first kappa shape index (κ1) is 10.2. The zero-order valence-corrected chi connectivity index (χ0v) is 9.21. The van der Waals surface area contributed by atoms with Gasteiger partial charge >= 0.3 is 5.97 Å². The number of fused-ring (bicyclic) bond motifs is 1. The van der Waals surface area contributed by atoms with Crippen LogP contribution in [0.3, 0.4) is 0 Å². The number of carbonyl (C=O) groups is 1. The van der Waals surface area contributed by atoms with Gasteiger partial charge in [-0.2, -0.15) is 0 Å². The van der Waals surface area contributed by atoms with Crippen molar-refractivity contribution in [1.29, 1.82) is 0 Å². The second kappa shape index (κ2) is 4.49. The number of para-hydroxylation sites is 1. The van der Waals surface area contributed by atoms with Crippen LogP contribution in [0.4, 0.5) is 5.69 Å². The quantitative estimate of drug-likeness (QED) is 0.720. The van der Waals surface area contributed by atoms with Gasteiger partial charge in [-0.1, -0.05) is 12.1 Å². The molecule has 0 saturated heterocycles. The Morgan fingerprint density at radius 2 is 2.33 bits per heavy atom. The van der Waals surface area contributed by atoms with Gasteiger partial charge in [0.05, 0.1) is 12.3 Å². The fourth-order valence-electron chi connectivity index (χ4n) is 1.31. The van der Waals surface area contributed by atoms with Crippen LogP contribution >= 0.6 is 11.8 Å². The first-order chi connectivity index (χ1) is 7.31. The van der Waals surface area contributed by atoms with Crippen LogP contribution in [0.2, 0.25) is 0 Å². The van der Waals surface area contributed by atoms with E-state index in [4.69, 9.17) is 4.74 Å². The maximum Gasteiger partial charge on any atom is 0.353 e. The number of rotatable bonds is 2. The van der Waals surface area contributed by atoms with Crippen LogP contribution in [0.25, 0.3) is 0 Å². The normalized spacial score (nSPS) is 14.1. The topological polar surface area (TPSA) is 38.7 Å². The molecule has 1 aromatic carbocycles. The van der Waals surface area contributed by atoms with Crippen LogP contribution in [0, 0.1) is 0 Å². The highest BCUT2D eigenvalue weighted by Gasteiger charge is 2.18. The summed E-state index contributed by atoms with van der Waals surface area (Å²) in [5, 5.41) is 0. The van der Waals surface area contributed by atoms with E-state index in [1.54, 1.807) is 18.7 Å². The van der Waals surface area contributed by atoms with E-state index in [0.717, 1.165) is 10.6 Å². The van der Waals surface area contributed by atoms with Crippen molar-refractivity contribution in [3.63, 3.8) is 0 Å². The van der Waals surface area contributed by atoms with Gasteiger partial charge in [0, 0.05) is 10.6 Å². The molecule has 0 aromatic heterocycles. The Hall–Kier alpha value is -1.29. The van der Waals surface area contributed by atoms with Crippen molar-refractivity contribution in [3.8, 4) is 0 Å². The number of benzene rings is 1. The largest absolute Gasteiger partial charge is 0.461 e. The highest BCUT2D eigenvalue weighted by atomic mass is 32.2. The second-order valence-corrected chi connectivity index (χ2v) is 4.05. The molecule has 15 heavy (non-hydrogen) atoms. The third kappa shape index (κ3) is 2.21. The average molecular weight is 221 g/mol. The van der Waals surface area contributed by atoms with Crippen molar-refractivity contribution < 1.29 is 9.53 Å². The minimum absolute atomic E-state index is 0.306. The highest BCUT2D eigenvalue weighted by Crippen LogP contribution is 2.33. The molecule has 1 aliphatic rings. The summed E-state index contributed by atoms with van der Waals surface area (Å²) >= 11 is 1.62. The molecule has 1 aromatic rings. The van der Waals surface area contributed by atoms with Crippen LogP contribution in [0.5, 0.6) is 0 Å². The Morgan fingerprint density at radius 3 is 3.13 bits per heavy atom. The van der Waals surface area contributed by atoms with Crippen LogP contribution in [-0.2, 0) is 9.53 Å². The molecule has 0 radical (unpaired) electrons. The molecule has 0 fully saturated rings. The lowest BCUT2D eigenvalue weighted by Crippen LogP contribution is -2.21. The molecule has 2 rings (SSSR count). The molecule has 78 valence electrons. The van der Waals surface area contributed by atoms with Crippen molar-refractivity contribution in [2.24, 2.45) is 4.99 Å².